The highest BCUT2D eigenvalue weighted by molar-refractivity contribution is 5.76. The van der Waals surface area contributed by atoms with Gasteiger partial charge in [0.15, 0.2) is 0 Å². The van der Waals surface area contributed by atoms with E-state index in [-0.39, 0.29) is 6.29 Å². The van der Waals surface area contributed by atoms with Gasteiger partial charge in [-0.15, -0.1) is 0 Å². The van der Waals surface area contributed by atoms with Gasteiger partial charge in [0.25, 0.3) is 0 Å². The highest BCUT2D eigenvalue weighted by Gasteiger charge is 2.32. The van der Waals surface area contributed by atoms with Crippen molar-refractivity contribution in [2.45, 2.75) is 76.2 Å². The van der Waals surface area contributed by atoms with Crippen LogP contribution in [0.15, 0.2) is 0 Å². The second-order valence-electron chi connectivity index (χ2n) is 10.6. The van der Waals surface area contributed by atoms with Gasteiger partial charge in [0.2, 0.25) is 5.91 Å². The molecular formula is C24H45N5O2. The molecule has 178 valence electrons. The SMILES string of the molecule is COC1CCC(C2CNC(NC3CCC(CC(=O)N4CCN(C)CC4)CC3)NC2)CC1. The molecule has 7 nitrogen and oxygen atoms in total. The Balaban J connectivity index is 1.10. The minimum Gasteiger partial charge on any atom is -0.381 e. The summed E-state index contributed by atoms with van der Waals surface area (Å²) in [6.45, 7) is 6.06. The van der Waals surface area contributed by atoms with E-state index in [0.29, 0.717) is 24.0 Å². The van der Waals surface area contributed by atoms with Crippen LogP contribution in [0.25, 0.3) is 0 Å². The molecule has 2 saturated heterocycles. The first-order valence-electron chi connectivity index (χ1n) is 12.8. The van der Waals surface area contributed by atoms with E-state index in [0.717, 1.165) is 57.5 Å². The van der Waals surface area contributed by atoms with E-state index >= 15 is 0 Å². The zero-order valence-corrected chi connectivity index (χ0v) is 19.8. The molecule has 7 heteroatoms. The summed E-state index contributed by atoms with van der Waals surface area (Å²) >= 11 is 0. The fourth-order valence-electron chi connectivity index (χ4n) is 6.13. The largest absolute Gasteiger partial charge is 0.381 e. The van der Waals surface area contributed by atoms with Gasteiger partial charge in [-0.3, -0.25) is 20.7 Å². The summed E-state index contributed by atoms with van der Waals surface area (Å²) in [6, 6.07) is 0.564. The van der Waals surface area contributed by atoms with Gasteiger partial charge in [-0.1, -0.05) is 0 Å². The molecule has 0 aromatic carbocycles. The Labute approximate surface area is 189 Å². The average molecular weight is 436 g/mol. The molecule has 4 fully saturated rings. The first-order valence-corrected chi connectivity index (χ1v) is 12.8. The van der Waals surface area contributed by atoms with Crippen molar-refractivity contribution in [3.8, 4) is 0 Å². The van der Waals surface area contributed by atoms with Crippen LogP contribution in [-0.4, -0.2) is 87.6 Å². The molecular weight excluding hydrogens is 390 g/mol. The quantitative estimate of drug-likeness (QED) is 0.589. The van der Waals surface area contributed by atoms with Crippen molar-refractivity contribution in [3.63, 3.8) is 0 Å². The lowest BCUT2D eigenvalue weighted by Crippen LogP contribution is -2.63. The van der Waals surface area contributed by atoms with Gasteiger partial charge in [0.05, 0.1) is 6.10 Å². The highest BCUT2D eigenvalue weighted by atomic mass is 16.5. The summed E-state index contributed by atoms with van der Waals surface area (Å²) in [4.78, 5) is 17.0. The number of methoxy groups -OCH3 is 1. The van der Waals surface area contributed by atoms with E-state index in [1.165, 1.54) is 51.4 Å². The summed E-state index contributed by atoms with van der Waals surface area (Å²) in [5.74, 6) is 2.53. The maximum atomic E-state index is 12.6. The smallest absolute Gasteiger partial charge is 0.222 e. The van der Waals surface area contributed by atoms with Crippen LogP contribution in [0.5, 0.6) is 0 Å². The predicted octanol–water partition coefficient (Wildman–Crippen LogP) is 1.60. The highest BCUT2D eigenvalue weighted by Crippen LogP contribution is 2.32. The van der Waals surface area contributed by atoms with E-state index in [9.17, 15) is 4.79 Å². The van der Waals surface area contributed by atoms with Crippen LogP contribution < -0.4 is 16.0 Å². The van der Waals surface area contributed by atoms with Gasteiger partial charge in [0, 0.05) is 58.8 Å². The van der Waals surface area contributed by atoms with Crippen molar-refractivity contribution in [1.29, 1.82) is 0 Å². The monoisotopic (exact) mass is 435 g/mol. The van der Waals surface area contributed by atoms with Crippen LogP contribution in [0.2, 0.25) is 0 Å². The number of ether oxygens (including phenoxy) is 1. The number of hydrogen-bond donors (Lipinski definition) is 3. The van der Waals surface area contributed by atoms with Crippen LogP contribution in [0.3, 0.4) is 0 Å². The molecule has 4 rings (SSSR count). The number of nitrogens with one attached hydrogen (secondary N) is 3. The second-order valence-corrected chi connectivity index (χ2v) is 10.6. The van der Waals surface area contributed by atoms with Crippen LogP contribution in [0, 0.1) is 17.8 Å². The van der Waals surface area contributed by atoms with Crippen LogP contribution in [-0.2, 0) is 9.53 Å². The number of carbonyl (C=O) groups is 1. The molecule has 0 spiro atoms. The summed E-state index contributed by atoms with van der Waals surface area (Å²) in [5.41, 5.74) is 0. The normalized spacial score (nSPS) is 38.2. The van der Waals surface area contributed by atoms with Gasteiger partial charge in [-0.2, -0.15) is 0 Å². The lowest BCUT2D eigenvalue weighted by Gasteiger charge is -2.40. The van der Waals surface area contributed by atoms with Crippen LogP contribution in [0.4, 0.5) is 0 Å². The third kappa shape index (κ3) is 6.64. The number of carbonyl (C=O) groups excluding carboxylic acids is 1. The molecule has 0 aromatic rings. The number of likely N-dealkylation sites (N-methyl/N-ethyl adjacent to an activating group) is 1. The Bertz CT molecular complexity index is 544. The van der Waals surface area contributed by atoms with Gasteiger partial charge >= 0.3 is 0 Å². The van der Waals surface area contributed by atoms with E-state index < -0.39 is 0 Å². The van der Waals surface area contributed by atoms with Gasteiger partial charge < -0.3 is 14.5 Å². The Hall–Kier alpha value is -0.730. The van der Waals surface area contributed by atoms with E-state index in [1.54, 1.807) is 0 Å². The Morgan fingerprint density at radius 2 is 1.55 bits per heavy atom. The molecule has 2 aliphatic heterocycles. The first kappa shape index (κ1) is 23.4. The van der Waals surface area contributed by atoms with E-state index in [1.807, 2.05) is 7.11 Å². The zero-order chi connectivity index (χ0) is 21.6. The standard InChI is InChI=1S/C24H45N5O2/c1-28-11-13-29(14-12-28)23(30)15-18-3-7-21(8-4-18)27-24-25-16-20(17-26-24)19-5-9-22(31-2)10-6-19/h18-22,24-27H,3-17H2,1-2H3. The number of piperazine rings is 1. The molecule has 0 atom stereocenters. The van der Waals surface area contributed by atoms with Gasteiger partial charge in [-0.05, 0) is 76.2 Å². The minimum absolute atomic E-state index is 0.236. The number of hydrogen-bond acceptors (Lipinski definition) is 6. The lowest BCUT2D eigenvalue weighted by atomic mass is 9.78. The lowest BCUT2D eigenvalue weighted by molar-refractivity contribution is -0.134. The topological polar surface area (TPSA) is 68.9 Å². The van der Waals surface area contributed by atoms with Crippen LogP contribution >= 0.6 is 0 Å². The fourth-order valence-corrected chi connectivity index (χ4v) is 6.13. The van der Waals surface area contributed by atoms with Crippen molar-refractivity contribution in [2.75, 3.05) is 53.4 Å². The summed E-state index contributed by atoms with van der Waals surface area (Å²) < 4.78 is 5.53. The second kappa shape index (κ2) is 11.4. The molecule has 0 aromatic heterocycles. The summed E-state index contributed by atoms with van der Waals surface area (Å²) in [5, 5.41) is 11.2. The third-order valence-electron chi connectivity index (χ3n) is 8.46. The third-order valence-corrected chi connectivity index (χ3v) is 8.46. The molecule has 31 heavy (non-hydrogen) atoms. The molecule has 0 bridgehead atoms. The predicted molar refractivity (Wildman–Crippen MR) is 124 cm³/mol. The maximum Gasteiger partial charge on any atom is 0.222 e. The van der Waals surface area contributed by atoms with Gasteiger partial charge in [-0.25, -0.2) is 0 Å². The minimum atomic E-state index is 0.236. The molecule has 0 radical (unpaired) electrons. The number of rotatable bonds is 6. The molecule has 2 heterocycles. The number of nitrogens with zero attached hydrogens (tertiary/aromatic N) is 2. The Kier molecular flexibility index (Phi) is 8.63. The van der Waals surface area contributed by atoms with Crippen molar-refractivity contribution in [1.82, 2.24) is 25.8 Å². The Morgan fingerprint density at radius 3 is 2.16 bits per heavy atom. The van der Waals surface area contributed by atoms with Crippen molar-refractivity contribution < 1.29 is 9.53 Å². The molecule has 3 N–H and O–H groups in total. The summed E-state index contributed by atoms with van der Waals surface area (Å²) in [7, 11) is 3.99. The van der Waals surface area contributed by atoms with Gasteiger partial charge in [0.1, 0.15) is 6.29 Å². The maximum absolute atomic E-state index is 12.6. The first-order chi connectivity index (χ1) is 15.1. The molecule has 0 unspecified atom stereocenters. The molecule has 4 aliphatic rings. The van der Waals surface area contributed by atoms with Crippen LogP contribution in [0.1, 0.15) is 57.8 Å². The van der Waals surface area contributed by atoms with Crippen molar-refractivity contribution in [3.05, 3.63) is 0 Å². The summed E-state index contributed by atoms with van der Waals surface area (Å²) in [6.07, 6.45) is 11.3. The van der Waals surface area contributed by atoms with Crippen molar-refractivity contribution >= 4 is 5.91 Å². The zero-order valence-electron chi connectivity index (χ0n) is 19.8. The average Bonchev–Trinajstić information content (AvgIpc) is 2.81. The molecule has 2 saturated carbocycles. The van der Waals surface area contributed by atoms with E-state index in [2.05, 4.69) is 32.8 Å². The fraction of sp³-hybridized carbons (Fsp3) is 0.958. The Morgan fingerprint density at radius 1 is 0.903 bits per heavy atom. The van der Waals surface area contributed by atoms with E-state index in [4.69, 9.17) is 4.74 Å². The number of amides is 1. The molecule has 2 aliphatic carbocycles. The van der Waals surface area contributed by atoms with Crippen molar-refractivity contribution in [2.24, 2.45) is 17.8 Å². The molecule has 1 amide bonds.